The highest BCUT2D eigenvalue weighted by molar-refractivity contribution is 14.0. The van der Waals surface area contributed by atoms with Crippen LogP contribution in [-0.2, 0) is 14.6 Å². The summed E-state index contributed by atoms with van der Waals surface area (Å²) in [5.41, 5.74) is 0. The highest BCUT2D eigenvalue weighted by atomic mass is 127. The lowest BCUT2D eigenvalue weighted by atomic mass is 10.3. The number of guanidine groups is 1. The van der Waals surface area contributed by atoms with Crippen molar-refractivity contribution in [3.05, 3.63) is 0 Å². The van der Waals surface area contributed by atoms with Gasteiger partial charge in [0.1, 0.15) is 0 Å². The number of halogens is 1. The molecule has 0 aliphatic rings. The Morgan fingerprint density at radius 2 is 1.74 bits per heavy atom. The van der Waals surface area contributed by atoms with Gasteiger partial charge in [-0.25, -0.2) is 8.42 Å². The lowest BCUT2D eigenvalue weighted by Gasteiger charge is -2.19. The summed E-state index contributed by atoms with van der Waals surface area (Å²) in [4.78, 5) is 3.99. The molecule has 2 N–H and O–H groups in total. The highest BCUT2D eigenvalue weighted by Crippen LogP contribution is 2.14. The molecule has 0 aromatic carbocycles. The van der Waals surface area contributed by atoms with Crippen molar-refractivity contribution in [3.63, 3.8) is 0 Å². The van der Waals surface area contributed by atoms with E-state index >= 15 is 0 Å². The molecule has 0 radical (unpaired) electrons. The molecule has 116 valence electrons. The first-order valence-corrected chi connectivity index (χ1v) is 7.55. The second-order valence-electron chi connectivity index (χ2n) is 4.85. The van der Waals surface area contributed by atoms with Crippen LogP contribution in [0.3, 0.4) is 0 Å². The molecule has 0 amide bonds. The van der Waals surface area contributed by atoms with Gasteiger partial charge in [0.2, 0.25) is 0 Å². The first-order chi connectivity index (χ1) is 8.24. The van der Waals surface area contributed by atoms with Crippen molar-refractivity contribution < 1.29 is 13.2 Å². The predicted octanol–water partition coefficient (Wildman–Crippen LogP) is 0.629. The van der Waals surface area contributed by atoms with Crippen LogP contribution in [0.4, 0.5) is 0 Å². The topological polar surface area (TPSA) is 79.8 Å². The minimum absolute atomic E-state index is 0. The first kappa shape index (κ1) is 21.2. The summed E-state index contributed by atoms with van der Waals surface area (Å²) in [5.74, 6) is 0.665. The van der Waals surface area contributed by atoms with Crippen LogP contribution in [0.15, 0.2) is 4.99 Å². The van der Waals surface area contributed by atoms with Crippen LogP contribution in [-0.4, -0.2) is 58.7 Å². The number of hydrogen-bond acceptors (Lipinski definition) is 4. The molecule has 19 heavy (non-hydrogen) atoms. The minimum atomic E-state index is -3.10. The average molecular weight is 407 g/mol. The van der Waals surface area contributed by atoms with E-state index in [9.17, 15) is 8.42 Å². The number of nitrogens with zero attached hydrogens (tertiary/aromatic N) is 1. The molecule has 0 bridgehead atoms. The van der Waals surface area contributed by atoms with Gasteiger partial charge in [-0.1, -0.05) is 0 Å². The molecule has 8 heteroatoms. The van der Waals surface area contributed by atoms with Crippen LogP contribution in [0.2, 0.25) is 0 Å². The van der Waals surface area contributed by atoms with E-state index in [1.165, 1.54) is 0 Å². The third kappa shape index (κ3) is 8.64. The fourth-order valence-electron chi connectivity index (χ4n) is 1.10. The smallest absolute Gasteiger partial charge is 0.191 e. The summed E-state index contributed by atoms with van der Waals surface area (Å²) in [6, 6.07) is 0. The fraction of sp³-hybridized carbons (Fsp3) is 0.909. The van der Waals surface area contributed by atoms with Gasteiger partial charge in [0.15, 0.2) is 15.8 Å². The standard InChI is InChI=1S/C11H25N3O3S.HI/c1-11(2,3)18(15,16)9-7-14-10(12-4)13-6-8-17-5;/h6-9H2,1-5H3,(H2,12,13,14);1H. The van der Waals surface area contributed by atoms with Crippen LogP contribution in [0.25, 0.3) is 0 Å². The van der Waals surface area contributed by atoms with Gasteiger partial charge in [-0.15, -0.1) is 24.0 Å². The predicted molar refractivity (Wildman–Crippen MR) is 90.2 cm³/mol. The molecule has 6 nitrogen and oxygen atoms in total. The van der Waals surface area contributed by atoms with Gasteiger partial charge in [0.25, 0.3) is 0 Å². The van der Waals surface area contributed by atoms with Crippen LogP contribution in [0.5, 0.6) is 0 Å². The molecule has 0 saturated carbocycles. The number of aliphatic imine (C=N–C) groups is 1. The molecular formula is C11H26IN3O3S. The summed E-state index contributed by atoms with van der Waals surface area (Å²) in [6.07, 6.45) is 0. The van der Waals surface area contributed by atoms with Gasteiger partial charge >= 0.3 is 0 Å². The van der Waals surface area contributed by atoms with E-state index < -0.39 is 14.6 Å². The molecule has 0 atom stereocenters. The first-order valence-electron chi connectivity index (χ1n) is 5.90. The monoisotopic (exact) mass is 407 g/mol. The number of hydrogen-bond donors (Lipinski definition) is 2. The second kappa shape index (κ2) is 9.76. The van der Waals surface area contributed by atoms with Gasteiger partial charge in [0.05, 0.1) is 17.1 Å². The lowest BCUT2D eigenvalue weighted by molar-refractivity contribution is 0.203. The summed E-state index contributed by atoms with van der Waals surface area (Å²) in [5, 5.41) is 5.98. The van der Waals surface area contributed by atoms with Gasteiger partial charge < -0.3 is 15.4 Å². The number of sulfone groups is 1. The third-order valence-electron chi connectivity index (χ3n) is 2.42. The van der Waals surface area contributed by atoms with Crippen molar-refractivity contribution in [1.82, 2.24) is 10.6 Å². The maximum atomic E-state index is 11.9. The van der Waals surface area contributed by atoms with E-state index in [4.69, 9.17) is 4.74 Å². The van der Waals surface area contributed by atoms with Crippen molar-refractivity contribution in [1.29, 1.82) is 0 Å². The molecular weight excluding hydrogens is 381 g/mol. The summed E-state index contributed by atoms with van der Waals surface area (Å²) in [7, 11) is 0.161. The summed E-state index contributed by atoms with van der Waals surface area (Å²) >= 11 is 0. The van der Waals surface area contributed by atoms with Crippen molar-refractivity contribution >= 4 is 39.8 Å². The zero-order valence-electron chi connectivity index (χ0n) is 12.3. The molecule has 0 unspecified atom stereocenters. The van der Waals surface area contributed by atoms with E-state index in [1.54, 1.807) is 34.9 Å². The number of ether oxygens (including phenoxy) is 1. The Hall–Kier alpha value is -0.0900. The van der Waals surface area contributed by atoms with Crippen molar-refractivity contribution in [3.8, 4) is 0 Å². The van der Waals surface area contributed by atoms with Gasteiger partial charge in [0, 0.05) is 27.2 Å². The van der Waals surface area contributed by atoms with Gasteiger partial charge in [-0.3, -0.25) is 4.99 Å². The SMILES string of the molecule is CN=C(NCCOC)NCCS(=O)(=O)C(C)(C)C.I. The Morgan fingerprint density at radius 3 is 2.16 bits per heavy atom. The van der Waals surface area contributed by atoms with Crippen LogP contribution < -0.4 is 10.6 Å². The molecule has 0 aromatic heterocycles. The molecule has 0 rings (SSSR count). The van der Waals surface area contributed by atoms with Crippen molar-refractivity contribution in [2.75, 3.05) is 39.6 Å². The molecule has 0 aliphatic heterocycles. The Kier molecular flexibility index (Phi) is 10.9. The van der Waals surface area contributed by atoms with Crippen LogP contribution >= 0.6 is 24.0 Å². The fourth-order valence-corrected chi connectivity index (χ4v) is 2.09. The summed E-state index contributed by atoms with van der Waals surface area (Å²) < 4.78 is 27.9. The van der Waals surface area contributed by atoms with E-state index in [0.29, 0.717) is 25.7 Å². The van der Waals surface area contributed by atoms with Gasteiger partial charge in [-0.05, 0) is 20.8 Å². The molecule has 0 fully saturated rings. The number of nitrogens with one attached hydrogen (secondary N) is 2. The van der Waals surface area contributed by atoms with E-state index in [1.807, 2.05) is 0 Å². The minimum Gasteiger partial charge on any atom is -0.383 e. The Labute approximate surface area is 133 Å². The van der Waals surface area contributed by atoms with Crippen LogP contribution in [0.1, 0.15) is 20.8 Å². The maximum Gasteiger partial charge on any atom is 0.191 e. The summed E-state index contributed by atoms with van der Waals surface area (Å²) in [6.45, 7) is 6.64. The van der Waals surface area contributed by atoms with Gasteiger partial charge in [-0.2, -0.15) is 0 Å². The molecule has 0 saturated heterocycles. The molecule has 0 spiro atoms. The highest BCUT2D eigenvalue weighted by Gasteiger charge is 2.28. The molecule has 0 aliphatic carbocycles. The quantitative estimate of drug-likeness (QED) is 0.292. The second-order valence-corrected chi connectivity index (χ2v) is 7.71. The third-order valence-corrected chi connectivity index (χ3v) is 5.03. The Balaban J connectivity index is 0. The Bertz CT molecular complexity index is 364. The number of rotatable bonds is 6. The van der Waals surface area contributed by atoms with Crippen LogP contribution in [0, 0.1) is 0 Å². The maximum absolute atomic E-state index is 11.9. The lowest BCUT2D eigenvalue weighted by Crippen LogP contribution is -2.42. The van der Waals surface area contributed by atoms with Crippen molar-refractivity contribution in [2.45, 2.75) is 25.5 Å². The zero-order valence-corrected chi connectivity index (χ0v) is 15.5. The average Bonchev–Trinajstić information content (AvgIpc) is 2.25. The Morgan fingerprint density at radius 1 is 1.21 bits per heavy atom. The van der Waals surface area contributed by atoms with Crippen molar-refractivity contribution in [2.24, 2.45) is 4.99 Å². The normalized spacial score (nSPS) is 12.8. The van der Waals surface area contributed by atoms with E-state index in [-0.39, 0.29) is 29.7 Å². The van der Waals surface area contributed by atoms with E-state index in [2.05, 4.69) is 15.6 Å². The zero-order chi connectivity index (χ0) is 14.2. The number of methoxy groups -OCH3 is 1. The largest absolute Gasteiger partial charge is 0.383 e. The molecule has 0 aromatic rings. The van der Waals surface area contributed by atoms with E-state index in [0.717, 1.165) is 0 Å². The molecule has 0 heterocycles.